The number of carbonyl (C=O) groups excluding carboxylic acids is 3. The van der Waals surface area contributed by atoms with Crippen LogP contribution in [0.3, 0.4) is 0 Å². The molecule has 2 aromatic heterocycles. The molecule has 0 saturated carbocycles. The van der Waals surface area contributed by atoms with E-state index in [-0.39, 0.29) is 40.9 Å². The fourth-order valence-corrected chi connectivity index (χ4v) is 3.87. The minimum absolute atomic E-state index is 0.0160. The average Bonchev–Trinajstić information content (AvgIpc) is 3.08. The van der Waals surface area contributed by atoms with Crippen molar-refractivity contribution in [3.63, 3.8) is 0 Å². The lowest BCUT2D eigenvalue weighted by Gasteiger charge is -2.07. The summed E-state index contributed by atoms with van der Waals surface area (Å²) in [6.07, 6.45) is 0. The van der Waals surface area contributed by atoms with Gasteiger partial charge in [-0.2, -0.15) is 0 Å². The van der Waals surface area contributed by atoms with Crippen molar-refractivity contribution in [2.75, 3.05) is 17.7 Å². The molecule has 166 valence electrons. The van der Waals surface area contributed by atoms with E-state index < -0.39 is 11.9 Å². The largest absolute Gasteiger partial charge is 0.462 e. The number of carbonyl (C=O) groups is 3. The van der Waals surface area contributed by atoms with Crippen LogP contribution in [0.5, 0.6) is 0 Å². The number of esters is 1. The lowest BCUT2D eigenvalue weighted by atomic mass is 10.1. The van der Waals surface area contributed by atoms with Crippen LogP contribution in [0.15, 0.2) is 45.8 Å². The molecule has 3 aromatic rings. The van der Waals surface area contributed by atoms with E-state index in [4.69, 9.17) is 9.15 Å². The average molecular weight is 454 g/mol. The first-order chi connectivity index (χ1) is 15.3. The zero-order chi connectivity index (χ0) is 23.3. The Morgan fingerprint density at radius 3 is 2.47 bits per heavy atom. The van der Waals surface area contributed by atoms with Gasteiger partial charge in [0.05, 0.1) is 23.6 Å². The normalized spacial score (nSPS) is 10.6. The van der Waals surface area contributed by atoms with Crippen molar-refractivity contribution in [2.24, 2.45) is 0 Å². The molecule has 8 nitrogen and oxygen atoms in total. The van der Waals surface area contributed by atoms with Crippen molar-refractivity contribution >= 4 is 35.3 Å². The van der Waals surface area contributed by atoms with Gasteiger partial charge in [0, 0.05) is 5.56 Å². The number of aromatic nitrogens is 2. The summed E-state index contributed by atoms with van der Waals surface area (Å²) < 4.78 is 10.5. The van der Waals surface area contributed by atoms with Gasteiger partial charge >= 0.3 is 5.97 Å². The van der Waals surface area contributed by atoms with Gasteiger partial charge in [0.1, 0.15) is 22.2 Å². The molecule has 3 rings (SSSR count). The van der Waals surface area contributed by atoms with Crippen LogP contribution in [-0.2, 0) is 9.53 Å². The van der Waals surface area contributed by atoms with Crippen molar-refractivity contribution in [1.29, 1.82) is 0 Å². The fraction of sp³-hybridized carbons (Fsp3) is 0.261. The first-order valence-corrected chi connectivity index (χ1v) is 10.9. The Morgan fingerprint density at radius 2 is 1.81 bits per heavy atom. The minimum Gasteiger partial charge on any atom is -0.462 e. The number of furan rings is 1. The number of ether oxygens (including phenoxy) is 1. The van der Waals surface area contributed by atoms with Gasteiger partial charge in [-0.3, -0.25) is 14.9 Å². The number of aryl methyl sites for hydroxylation is 2. The van der Waals surface area contributed by atoms with Crippen LogP contribution in [0, 0.1) is 13.8 Å². The second-order valence-corrected chi connectivity index (χ2v) is 7.85. The molecule has 0 radical (unpaired) electrons. The van der Waals surface area contributed by atoms with Crippen LogP contribution in [-0.4, -0.2) is 40.0 Å². The monoisotopic (exact) mass is 453 g/mol. The Bertz CT molecular complexity index is 1160. The van der Waals surface area contributed by atoms with Crippen molar-refractivity contribution < 1.29 is 23.5 Å². The third-order valence-corrected chi connectivity index (χ3v) is 5.32. The molecule has 0 bridgehead atoms. The quantitative estimate of drug-likeness (QED) is 0.230. The topological polar surface area (TPSA) is 111 Å². The summed E-state index contributed by atoms with van der Waals surface area (Å²) in [7, 11) is 0. The molecule has 1 amide bonds. The first-order valence-electron chi connectivity index (χ1n) is 9.95. The smallest absolute Gasteiger partial charge is 0.344 e. The highest BCUT2D eigenvalue weighted by molar-refractivity contribution is 7.99. The van der Waals surface area contributed by atoms with E-state index in [1.54, 1.807) is 20.8 Å². The zero-order valence-corrected chi connectivity index (χ0v) is 19.0. The maximum Gasteiger partial charge on any atom is 0.344 e. The molecule has 1 aromatic carbocycles. The summed E-state index contributed by atoms with van der Waals surface area (Å²) in [5.41, 5.74) is 1.74. The molecule has 9 heteroatoms. The number of benzene rings is 1. The zero-order valence-electron chi connectivity index (χ0n) is 18.2. The van der Waals surface area contributed by atoms with Gasteiger partial charge in [0.25, 0.3) is 0 Å². The lowest BCUT2D eigenvalue weighted by molar-refractivity contribution is -0.113. The predicted octanol–water partition coefficient (Wildman–Crippen LogP) is 4.46. The highest BCUT2D eigenvalue weighted by Crippen LogP contribution is 2.29. The van der Waals surface area contributed by atoms with Gasteiger partial charge in [0.15, 0.2) is 5.78 Å². The van der Waals surface area contributed by atoms with Gasteiger partial charge in [0.2, 0.25) is 11.8 Å². The van der Waals surface area contributed by atoms with E-state index in [1.807, 2.05) is 36.4 Å². The van der Waals surface area contributed by atoms with Crippen molar-refractivity contribution in [2.45, 2.75) is 32.7 Å². The number of hydrogen-bond acceptors (Lipinski definition) is 8. The second kappa shape index (κ2) is 10.2. The number of nitrogens with zero attached hydrogens (tertiary/aromatic N) is 2. The van der Waals surface area contributed by atoms with Gasteiger partial charge < -0.3 is 9.15 Å². The third kappa shape index (κ3) is 5.42. The van der Waals surface area contributed by atoms with Gasteiger partial charge in [-0.15, -0.1) is 0 Å². The summed E-state index contributed by atoms with van der Waals surface area (Å²) in [6, 6.07) is 11.5. The van der Waals surface area contributed by atoms with E-state index in [0.717, 1.165) is 11.3 Å². The standard InChI is InChI=1S/C23H23N3O5S/c1-5-30-23(29)21-20(13(2)27)14(3)31-22(21)26-18(28)12-32-19-11-17(24-15(4)25-19)16-9-7-6-8-10-16/h6-11H,5,12H2,1-4H3,(H,26,28). The molecule has 0 saturated heterocycles. The summed E-state index contributed by atoms with van der Waals surface area (Å²) in [4.78, 5) is 45.8. The Balaban J connectivity index is 1.76. The van der Waals surface area contributed by atoms with E-state index in [2.05, 4.69) is 15.3 Å². The SMILES string of the molecule is CCOC(=O)c1c(NC(=O)CSc2cc(-c3ccccc3)nc(C)n2)oc(C)c1C(C)=O. The number of rotatable bonds is 8. The molecule has 1 N–H and O–H groups in total. The van der Waals surface area contributed by atoms with E-state index in [1.165, 1.54) is 18.7 Å². The van der Waals surface area contributed by atoms with E-state index in [9.17, 15) is 14.4 Å². The molecule has 0 unspecified atom stereocenters. The molecule has 0 atom stereocenters. The number of anilines is 1. The summed E-state index contributed by atoms with van der Waals surface area (Å²) in [5, 5.41) is 3.21. The Kier molecular flexibility index (Phi) is 7.42. The minimum atomic E-state index is -0.726. The second-order valence-electron chi connectivity index (χ2n) is 6.86. The van der Waals surface area contributed by atoms with Crippen LogP contribution >= 0.6 is 11.8 Å². The number of Topliss-reactive ketones (excluding diaryl/α,β-unsaturated/α-hetero) is 1. The number of thioether (sulfide) groups is 1. The molecule has 32 heavy (non-hydrogen) atoms. The van der Waals surface area contributed by atoms with Crippen molar-refractivity contribution in [1.82, 2.24) is 9.97 Å². The van der Waals surface area contributed by atoms with Gasteiger partial charge in [-0.25, -0.2) is 14.8 Å². The Labute approximate surface area is 189 Å². The maximum atomic E-state index is 12.6. The molecule has 2 heterocycles. The summed E-state index contributed by atoms with van der Waals surface area (Å²) >= 11 is 1.22. The molecular formula is C23H23N3O5S. The maximum absolute atomic E-state index is 12.6. The highest BCUT2D eigenvalue weighted by atomic mass is 32.2. The summed E-state index contributed by atoms with van der Waals surface area (Å²) in [5.74, 6) is -0.746. The predicted molar refractivity (Wildman–Crippen MR) is 121 cm³/mol. The van der Waals surface area contributed by atoms with Gasteiger partial charge in [-0.05, 0) is 33.8 Å². The molecule has 0 aliphatic carbocycles. The highest BCUT2D eigenvalue weighted by Gasteiger charge is 2.28. The number of hydrogen-bond donors (Lipinski definition) is 1. The summed E-state index contributed by atoms with van der Waals surface area (Å²) in [6.45, 7) is 6.45. The number of nitrogens with one attached hydrogen (secondary N) is 1. The van der Waals surface area contributed by atoms with Crippen LogP contribution in [0.25, 0.3) is 11.3 Å². The van der Waals surface area contributed by atoms with E-state index >= 15 is 0 Å². The van der Waals surface area contributed by atoms with Crippen molar-refractivity contribution in [3.8, 4) is 11.3 Å². The molecule has 0 aliphatic rings. The Morgan fingerprint density at radius 1 is 1.09 bits per heavy atom. The van der Waals surface area contributed by atoms with Crippen LogP contribution < -0.4 is 5.32 Å². The van der Waals surface area contributed by atoms with Crippen LogP contribution in [0.1, 0.15) is 46.1 Å². The Hall–Kier alpha value is -3.46. The van der Waals surface area contributed by atoms with Crippen LogP contribution in [0.2, 0.25) is 0 Å². The molecule has 0 aliphatic heterocycles. The molecule has 0 spiro atoms. The third-order valence-electron chi connectivity index (χ3n) is 4.40. The van der Waals surface area contributed by atoms with Crippen molar-refractivity contribution in [3.05, 3.63) is 59.1 Å². The first kappa shape index (κ1) is 23.2. The number of amides is 1. The van der Waals surface area contributed by atoms with Gasteiger partial charge in [-0.1, -0.05) is 42.1 Å². The number of ketones is 1. The van der Waals surface area contributed by atoms with E-state index in [0.29, 0.717) is 10.9 Å². The molecular weight excluding hydrogens is 430 g/mol. The lowest BCUT2D eigenvalue weighted by Crippen LogP contribution is -2.17. The van der Waals surface area contributed by atoms with Crippen LogP contribution in [0.4, 0.5) is 5.88 Å². The molecule has 0 fully saturated rings. The fourth-order valence-electron chi connectivity index (χ4n) is 3.13.